The molecule has 1 aromatic carbocycles. The molecule has 0 unspecified atom stereocenters. The van der Waals surface area contributed by atoms with Crippen LogP contribution in [0.4, 0.5) is 0 Å². The van der Waals surface area contributed by atoms with Crippen LogP contribution in [0, 0.1) is 6.92 Å². The van der Waals surface area contributed by atoms with Crippen LogP contribution in [-0.4, -0.2) is 24.8 Å². The van der Waals surface area contributed by atoms with Gasteiger partial charge in [0.05, 0.1) is 5.52 Å². The average molecular weight is 296 g/mol. The van der Waals surface area contributed by atoms with Gasteiger partial charge < -0.3 is 0 Å². The molecule has 21 heavy (non-hydrogen) atoms. The second-order valence-electron chi connectivity index (χ2n) is 4.78. The average Bonchev–Trinajstić information content (AvgIpc) is 2.89. The van der Waals surface area contributed by atoms with Crippen LogP contribution in [0.25, 0.3) is 27.9 Å². The fraction of sp³-hybridized carbons (Fsp3) is 0.0667. The van der Waals surface area contributed by atoms with Crippen molar-refractivity contribution in [3.8, 4) is 11.4 Å². The summed E-state index contributed by atoms with van der Waals surface area (Å²) in [4.78, 5) is 4.54. The summed E-state index contributed by atoms with van der Waals surface area (Å²) in [5, 5.41) is 14.1. The third-order valence-corrected chi connectivity index (χ3v) is 3.52. The van der Waals surface area contributed by atoms with E-state index < -0.39 is 0 Å². The number of hydrogen-bond acceptors (Lipinski definition) is 4. The lowest BCUT2D eigenvalue weighted by Gasteiger charge is -2.06. The van der Waals surface area contributed by atoms with E-state index in [-0.39, 0.29) is 0 Å². The minimum atomic E-state index is 0.402. The summed E-state index contributed by atoms with van der Waals surface area (Å²) in [6.07, 6.45) is 0. The molecule has 0 amide bonds. The van der Waals surface area contributed by atoms with Crippen molar-refractivity contribution in [1.82, 2.24) is 24.8 Å². The topological polar surface area (TPSA) is 56.0 Å². The van der Waals surface area contributed by atoms with Crippen molar-refractivity contribution >= 4 is 28.2 Å². The van der Waals surface area contributed by atoms with Gasteiger partial charge in [-0.3, -0.25) is 4.98 Å². The van der Waals surface area contributed by atoms with Gasteiger partial charge in [-0.1, -0.05) is 29.8 Å². The summed E-state index contributed by atoms with van der Waals surface area (Å²) in [7, 11) is 0. The van der Waals surface area contributed by atoms with Crippen LogP contribution in [0.2, 0.25) is 5.15 Å². The third-order valence-electron chi connectivity index (χ3n) is 3.32. The Morgan fingerprint density at radius 3 is 2.81 bits per heavy atom. The Balaban J connectivity index is 2.11. The van der Waals surface area contributed by atoms with Crippen LogP contribution >= 0.6 is 11.6 Å². The maximum atomic E-state index is 5.98. The number of para-hydroxylation sites is 1. The van der Waals surface area contributed by atoms with Gasteiger partial charge in [0.2, 0.25) is 0 Å². The molecule has 102 valence electrons. The van der Waals surface area contributed by atoms with E-state index in [0.29, 0.717) is 16.6 Å². The Hall–Kier alpha value is -2.53. The number of benzene rings is 1. The molecule has 0 aliphatic rings. The highest BCUT2D eigenvalue weighted by atomic mass is 35.5. The highest BCUT2D eigenvalue weighted by Crippen LogP contribution is 2.27. The summed E-state index contributed by atoms with van der Waals surface area (Å²) in [5.41, 5.74) is 3.45. The second kappa shape index (κ2) is 4.49. The molecular weight excluding hydrogens is 286 g/mol. The molecule has 0 aliphatic heterocycles. The monoisotopic (exact) mass is 295 g/mol. The highest BCUT2D eigenvalue weighted by Gasteiger charge is 2.13. The van der Waals surface area contributed by atoms with Crippen LogP contribution in [0.5, 0.6) is 0 Å². The standard InChI is InChI=1S/C15H10ClN5/c1-9-8-11(10-4-2-3-5-12(10)17-9)15-19-18-14-7-6-13(16)20-21(14)15/h2-8H,1H3. The van der Waals surface area contributed by atoms with Crippen molar-refractivity contribution in [2.75, 3.05) is 0 Å². The van der Waals surface area contributed by atoms with Crippen molar-refractivity contribution in [3.05, 3.63) is 53.3 Å². The maximum absolute atomic E-state index is 5.98. The van der Waals surface area contributed by atoms with Gasteiger partial charge in [-0.25, -0.2) is 0 Å². The zero-order valence-corrected chi connectivity index (χ0v) is 11.9. The molecule has 0 spiro atoms. The first-order chi connectivity index (χ1) is 10.2. The van der Waals surface area contributed by atoms with Crippen LogP contribution in [0.3, 0.4) is 0 Å². The Morgan fingerprint density at radius 2 is 1.90 bits per heavy atom. The third kappa shape index (κ3) is 1.94. The molecule has 3 aromatic heterocycles. The number of fused-ring (bicyclic) bond motifs is 2. The van der Waals surface area contributed by atoms with Gasteiger partial charge in [0.15, 0.2) is 11.5 Å². The van der Waals surface area contributed by atoms with Crippen LogP contribution < -0.4 is 0 Å². The number of pyridine rings is 1. The predicted octanol–water partition coefficient (Wildman–Crippen LogP) is 3.30. The van der Waals surface area contributed by atoms with E-state index in [1.54, 1.807) is 16.6 Å². The first kappa shape index (κ1) is 12.2. The SMILES string of the molecule is Cc1cc(-c2nnc3ccc(Cl)nn23)c2ccccc2n1. The molecule has 0 N–H and O–H groups in total. The number of nitrogens with zero attached hydrogens (tertiary/aromatic N) is 5. The molecule has 0 saturated heterocycles. The zero-order chi connectivity index (χ0) is 14.4. The maximum Gasteiger partial charge on any atom is 0.186 e. The van der Waals surface area contributed by atoms with E-state index in [2.05, 4.69) is 20.3 Å². The van der Waals surface area contributed by atoms with Crippen LogP contribution in [-0.2, 0) is 0 Å². The Labute approximate surface area is 125 Å². The van der Waals surface area contributed by atoms with Crippen molar-refractivity contribution in [2.45, 2.75) is 6.92 Å². The molecule has 4 rings (SSSR count). The highest BCUT2D eigenvalue weighted by molar-refractivity contribution is 6.29. The number of hydrogen-bond donors (Lipinski definition) is 0. The summed E-state index contributed by atoms with van der Waals surface area (Å²) in [6.45, 7) is 1.96. The largest absolute Gasteiger partial charge is 0.253 e. The van der Waals surface area contributed by atoms with Crippen molar-refractivity contribution in [1.29, 1.82) is 0 Å². The van der Waals surface area contributed by atoms with Crippen molar-refractivity contribution in [3.63, 3.8) is 0 Å². The van der Waals surface area contributed by atoms with Crippen molar-refractivity contribution in [2.24, 2.45) is 0 Å². The fourth-order valence-corrected chi connectivity index (χ4v) is 2.57. The first-order valence-electron chi connectivity index (χ1n) is 6.47. The molecule has 0 atom stereocenters. The fourth-order valence-electron chi connectivity index (χ4n) is 2.43. The molecule has 5 nitrogen and oxygen atoms in total. The normalized spacial score (nSPS) is 11.3. The molecule has 0 bridgehead atoms. The Bertz CT molecular complexity index is 976. The van der Waals surface area contributed by atoms with E-state index >= 15 is 0 Å². The van der Waals surface area contributed by atoms with Gasteiger partial charge in [0, 0.05) is 16.6 Å². The minimum Gasteiger partial charge on any atom is -0.253 e. The molecule has 3 heterocycles. The second-order valence-corrected chi connectivity index (χ2v) is 5.17. The van der Waals surface area contributed by atoms with Gasteiger partial charge in [-0.2, -0.15) is 9.61 Å². The Morgan fingerprint density at radius 1 is 1.05 bits per heavy atom. The number of aryl methyl sites for hydroxylation is 1. The summed E-state index contributed by atoms with van der Waals surface area (Å²) in [6, 6.07) is 13.4. The molecule has 0 saturated carbocycles. The number of aromatic nitrogens is 5. The minimum absolute atomic E-state index is 0.402. The van der Waals surface area contributed by atoms with Crippen LogP contribution in [0.1, 0.15) is 5.69 Å². The van der Waals surface area contributed by atoms with Crippen LogP contribution in [0.15, 0.2) is 42.5 Å². The molecule has 0 radical (unpaired) electrons. The lowest BCUT2D eigenvalue weighted by Crippen LogP contribution is -1.97. The summed E-state index contributed by atoms with van der Waals surface area (Å²) < 4.78 is 1.66. The van der Waals surface area contributed by atoms with E-state index in [1.165, 1.54) is 0 Å². The first-order valence-corrected chi connectivity index (χ1v) is 6.85. The van der Waals surface area contributed by atoms with Gasteiger partial charge in [0.1, 0.15) is 5.15 Å². The van der Waals surface area contributed by atoms with E-state index in [9.17, 15) is 0 Å². The van der Waals surface area contributed by atoms with E-state index in [1.807, 2.05) is 37.3 Å². The number of rotatable bonds is 1. The van der Waals surface area contributed by atoms with E-state index in [0.717, 1.165) is 22.2 Å². The molecule has 6 heteroatoms. The van der Waals surface area contributed by atoms with E-state index in [4.69, 9.17) is 11.6 Å². The summed E-state index contributed by atoms with van der Waals surface area (Å²) in [5.74, 6) is 0.661. The molecular formula is C15H10ClN5. The lowest BCUT2D eigenvalue weighted by molar-refractivity contribution is 0.936. The van der Waals surface area contributed by atoms with Gasteiger partial charge in [-0.15, -0.1) is 10.2 Å². The molecule has 0 aliphatic carbocycles. The van der Waals surface area contributed by atoms with Gasteiger partial charge in [-0.05, 0) is 31.2 Å². The van der Waals surface area contributed by atoms with Crippen molar-refractivity contribution < 1.29 is 0 Å². The molecule has 0 fully saturated rings. The predicted molar refractivity (Wildman–Crippen MR) is 81.3 cm³/mol. The number of halogens is 1. The quantitative estimate of drug-likeness (QED) is 0.540. The molecule has 4 aromatic rings. The van der Waals surface area contributed by atoms with Gasteiger partial charge >= 0.3 is 0 Å². The smallest absolute Gasteiger partial charge is 0.186 e. The summed E-state index contributed by atoms with van der Waals surface area (Å²) >= 11 is 5.98. The van der Waals surface area contributed by atoms with Gasteiger partial charge in [0.25, 0.3) is 0 Å². The zero-order valence-electron chi connectivity index (χ0n) is 11.2. The Kier molecular flexibility index (Phi) is 2.62. The lowest BCUT2D eigenvalue weighted by atomic mass is 10.1.